The normalized spacial score (nSPS) is 20.4. The fraction of sp³-hybridized carbons (Fsp3) is 0.263. The van der Waals surface area contributed by atoms with Crippen LogP contribution in [0.2, 0.25) is 0 Å². The minimum atomic E-state index is -1.37. The van der Waals surface area contributed by atoms with E-state index in [1.165, 1.54) is 28.0 Å². The number of nitrogens with one attached hydrogen (secondary N) is 1. The molecule has 1 saturated heterocycles. The summed E-state index contributed by atoms with van der Waals surface area (Å²) in [4.78, 5) is 38.8. The Morgan fingerprint density at radius 2 is 2.00 bits per heavy atom. The van der Waals surface area contributed by atoms with E-state index >= 15 is 0 Å². The Balaban J connectivity index is 0.00000240. The zero-order valence-corrected chi connectivity index (χ0v) is 19.4. The van der Waals surface area contributed by atoms with Crippen molar-refractivity contribution in [1.29, 1.82) is 0 Å². The number of fused-ring (bicyclic) bond motifs is 1. The Hall–Kier alpha value is -1.65. The monoisotopic (exact) mass is 438 g/mol. The number of aromatic nitrogens is 1. The summed E-state index contributed by atoms with van der Waals surface area (Å²) in [5.74, 6) is -1.57. The summed E-state index contributed by atoms with van der Waals surface area (Å²) < 4.78 is 1.85. The molecule has 0 spiro atoms. The van der Waals surface area contributed by atoms with E-state index in [1.54, 1.807) is 0 Å². The van der Waals surface area contributed by atoms with Gasteiger partial charge in [0, 0.05) is 28.3 Å². The first-order valence-corrected chi connectivity index (χ1v) is 10.6. The van der Waals surface area contributed by atoms with Gasteiger partial charge in [-0.3, -0.25) is 14.5 Å². The molecule has 7 nitrogen and oxygen atoms in total. The zero-order valence-electron chi connectivity index (χ0n) is 15.7. The van der Waals surface area contributed by atoms with E-state index in [1.807, 2.05) is 52.7 Å². The van der Waals surface area contributed by atoms with Gasteiger partial charge in [-0.25, -0.2) is 4.57 Å². The number of thiophene rings is 1. The van der Waals surface area contributed by atoms with Gasteiger partial charge in [-0.1, -0.05) is 12.1 Å². The molecule has 144 valence electrons. The zero-order chi connectivity index (χ0) is 19.7. The van der Waals surface area contributed by atoms with Gasteiger partial charge in [-0.15, -0.1) is 23.1 Å². The van der Waals surface area contributed by atoms with Gasteiger partial charge in [0.2, 0.25) is 5.91 Å². The summed E-state index contributed by atoms with van der Waals surface area (Å²) in [6.45, 7) is 0.364. The first kappa shape index (κ1) is 22.0. The predicted octanol–water partition coefficient (Wildman–Crippen LogP) is -3.31. The number of rotatable bonds is 6. The van der Waals surface area contributed by atoms with E-state index in [4.69, 9.17) is 0 Å². The summed E-state index contributed by atoms with van der Waals surface area (Å²) in [7, 11) is 0. The number of nitrogens with zero attached hydrogens (tertiary/aromatic N) is 2. The molecule has 0 unspecified atom stereocenters. The molecule has 4 heterocycles. The number of thioether (sulfide) groups is 1. The van der Waals surface area contributed by atoms with Crippen LogP contribution in [0.1, 0.15) is 4.88 Å². The number of β-lactam (4-membered cyclic amide) rings is 1. The van der Waals surface area contributed by atoms with Crippen LogP contribution < -0.4 is 44.5 Å². The van der Waals surface area contributed by atoms with Crippen molar-refractivity contribution in [2.24, 2.45) is 0 Å². The van der Waals surface area contributed by atoms with Gasteiger partial charge in [-0.05, 0) is 11.4 Å². The van der Waals surface area contributed by atoms with Crippen molar-refractivity contribution in [1.82, 2.24) is 10.2 Å². The Morgan fingerprint density at radius 1 is 1.24 bits per heavy atom. The number of carboxylic acids is 1. The van der Waals surface area contributed by atoms with Crippen molar-refractivity contribution >= 4 is 40.9 Å². The van der Waals surface area contributed by atoms with Crippen molar-refractivity contribution < 1.29 is 53.6 Å². The van der Waals surface area contributed by atoms with Gasteiger partial charge < -0.3 is 15.2 Å². The van der Waals surface area contributed by atoms with Crippen LogP contribution in [0.4, 0.5) is 0 Å². The summed E-state index contributed by atoms with van der Waals surface area (Å²) >= 11 is 2.93. The molecule has 1 fully saturated rings. The molecule has 2 aromatic heterocycles. The Bertz CT molecular complexity index is 950. The Morgan fingerprint density at radius 3 is 2.66 bits per heavy atom. The van der Waals surface area contributed by atoms with Crippen LogP contribution in [0.3, 0.4) is 0 Å². The number of pyridine rings is 1. The number of carboxylic acid groups (broad SMARTS) is 1. The first-order chi connectivity index (χ1) is 13.5. The molecule has 0 aromatic carbocycles. The third kappa shape index (κ3) is 4.59. The summed E-state index contributed by atoms with van der Waals surface area (Å²) in [6.07, 6.45) is 3.88. The maximum atomic E-state index is 12.6. The SMILES string of the molecule is O=C(Cc1cccs1)N[C@@H]1C(=O)N2C(C(=O)[O-])=C(C[n+]3ccccc3)CS[C@H]12.[Na+]. The second kappa shape index (κ2) is 9.44. The molecule has 0 aliphatic carbocycles. The van der Waals surface area contributed by atoms with E-state index in [0.717, 1.165) is 4.88 Å². The molecule has 2 aliphatic rings. The Labute approximate surface area is 198 Å². The van der Waals surface area contributed by atoms with Crippen molar-refractivity contribution in [2.45, 2.75) is 24.4 Å². The third-order valence-corrected chi connectivity index (χ3v) is 6.84. The molecular weight excluding hydrogens is 421 g/mol. The molecular formula is C19H17N3NaO4S2+. The average molecular weight is 438 g/mol. The summed E-state index contributed by atoms with van der Waals surface area (Å²) in [5.41, 5.74) is 0.544. The van der Waals surface area contributed by atoms with Crippen molar-refractivity contribution in [3.8, 4) is 0 Å². The van der Waals surface area contributed by atoms with Gasteiger partial charge in [0.15, 0.2) is 18.9 Å². The van der Waals surface area contributed by atoms with Crippen LogP contribution in [0.5, 0.6) is 0 Å². The number of amides is 2. The maximum Gasteiger partial charge on any atom is 1.00 e. The van der Waals surface area contributed by atoms with Crippen LogP contribution in [-0.4, -0.2) is 39.9 Å². The predicted molar refractivity (Wildman–Crippen MR) is 102 cm³/mol. The quantitative estimate of drug-likeness (QED) is 0.290. The third-order valence-electron chi connectivity index (χ3n) is 4.62. The molecule has 0 bridgehead atoms. The maximum absolute atomic E-state index is 12.6. The largest absolute Gasteiger partial charge is 1.00 e. The topological polar surface area (TPSA) is 93.4 Å². The van der Waals surface area contributed by atoms with Gasteiger partial charge >= 0.3 is 29.6 Å². The number of carbonyl (C=O) groups excluding carboxylic acids is 3. The van der Waals surface area contributed by atoms with Gasteiger partial charge in [0.1, 0.15) is 11.4 Å². The fourth-order valence-electron chi connectivity index (χ4n) is 3.35. The van der Waals surface area contributed by atoms with E-state index in [0.29, 0.717) is 17.9 Å². The number of carbonyl (C=O) groups is 3. The summed E-state index contributed by atoms with van der Waals surface area (Å²) in [5, 5.41) is 16.0. The number of hydrogen-bond donors (Lipinski definition) is 1. The number of hydrogen-bond acceptors (Lipinski definition) is 6. The average Bonchev–Trinajstić information content (AvgIpc) is 3.19. The molecule has 10 heteroatoms. The molecule has 1 N–H and O–H groups in total. The molecule has 29 heavy (non-hydrogen) atoms. The van der Waals surface area contributed by atoms with Gasteiger partial charge in [-0.2, -0.15) is 0 Å². The molecule has 0 radical (unpaired) electrons. The van der Waals surface area contributed by atoms with Crippen molar-refractivity contribution in [3.05, 3.63) is 64.3 Å². The summed E-state index contributed by atoms with van der Waals surface area (Å²) in [6, 6.07) is 8.59. The standard InChI is InChI=1S/C19H17N3O4S2.Na/c23-14(9-13-5-4-8-27-13)20-15-17(24)22-16(19(25)26)12(11-28-18(15)22)10-21-6-2-1-3-7-21;/h1-8,15,18H,9-11H2,(H-,20,23,25,26);/q;+1/t15-,18-;/m1./s1. The molecule has 0 saturated carbocycles. The molecule has 4 rings (SSSR count). The number of aliphatic carboxylic acids is 1. The van der Waals surface area contributed by atoms with Crippen LogP contribution in [0, 0.1) is 0 Å². The minimum Gasteiger partial charge on any atom is -0.543 e. The minimum absolute atomic E-state index is 0. The first-order valence-electron chi connectivity index (χ1n) is 8.68. The van der Waals surface area contributed by atoms with Crippen LogP contribution in [0.25, 0.3) is 0 Å². The smallest absolute Gasteiger partial charge is 0.543 e. The molecule has 2 amide bonds. The van der Waals surface area contributed by atoms with Crippen molar-refractivity contribution in [3.63, 3.8) is 0 Å². The van der Waals surface area contributed by atoms with Gasteiger partial charge in [0.05, 0.1) is 18.1 Å². The van der Waals surface area contributed by atoms with E-state index in [2.05, 4.69) is 5.32 Å². The fourth-order valence-corrected chi connectivity index (χ4v) is 5.39. The van der Waals surface area contributed by atoms with Crippen LogP contribution >= 0.6 is 23.1 Å². The molecule has 2 aliphatic heterocycles. The van der Waals surface area contributed by atoms with Crippen LogP contribution in [0.15, 0.2) is 59.4 Å². The van der Waals surface area contributed by atoms with E-state index in [-0.39, 0.29) is 47.6 Å². The second-order valence-electron chi connectivity index (χ2n) is 6.50. The van der Waals surface area contributed by atoms with E-state index < -0.39 is 23.3 Å². The second-order valence-corrected chi connectivity index (χ2v) is 8.64. The van der Waals surface area contributed by atoms with Crippen LogP contribution in [-0.2, 0) is 27.3 Å². The molecule has 2 atom stereocenters. The van der Waals surface area contributed by atoms with Crippen molar-refractivity contribution in [2.75, 3.05) is 5.75 Å². The van der Waals surface area contributed by atoms with Gasteiger partial charge in [0.25, 0.3) is 5.91 Å². The Kier molecular flexibility index (Phi) is 7.18. The van der Waals surface area contributed by atoms with E-state index in [9.17, 15) is 19.5 Å². The molecule has 2 aromatic rings.